The average molecular weight is 538 g/mol. The maximum Gasteiger partial charge on any atom is 0.246 e. The second kappa shape index (κ2) is 10.9. The van der Waals surface area contributed by atoms with Gasteiger partial charge in [-0.05, 0) is 60.2 Å². The molecule has 0 amide bonds. The van der Waals surface area contributed by atoms with Gasteiger partial charge >= 0.3 is 0 Å². The fourth-order valence-corrected chi connectivity index (χ4v) is 6.31. The number of hydrogen-bond donors (Lipinski definition) is 1. The average Bonchev–Trinajstić information content (AvgIpc) is 3.28. The quantitative estimate of drug-likeness (QED) is 0.437. The fourth-order valence-electron chi connectivity index (χ4n) is 4.57. The first-order chi connectivity index (χ1) is 16.7. The number of hydrogen-bond acceptors (Lipinski definition) is 5. The van der Waals surface area contributed by atoms with E-state index in [-0.39, 0.29) is 30.0 Å². The molecule has 0 saturated carbocycles. The summed E-state index contributed by atoms with van der Waals surface area (Å²) in [5.41, 5.74) is 10.1. The Labute approximate surface area is 216 Å². The first-order valence-corrected chi connectivity index (χ1v) is 13.8. The normalized spacial score (nSPS) is 18.0. The summed E-state index contributed by atoms with van der Waals surface area (Å²) in [6.07, 6.45) is 5.44. The zero-order valence-electron chi connectivity index (χ0n) is 19.8. The van der Waals surface area contributed by atoms with Crippen molar-refractivity contribution in [2.24, 2.45) is 12.8 Å². The molecular formula is C25H30Cl2N4O3S. The summed E-state index contributed by atoms with van der Waals surface area (Å²) in [6, 6.07) is 11.8. The lowest BCUT2D eigenvalue weighted by Gasteiger charge is -2.32. The van der Waals surface area contributed by atoms with Gasteiger partial charge < -0.3 is 10.5 Å². The highest BCUT2D eigenvalue weighted by atomic mass is 35.5. The van der Waals surface area contributed by atoms with Crippen LogP contribution in [0.25, 0.3) is 0 Å². The Morgan fingerprint density at radius 2 is 2.00 bits per heavy atom. The first kappa shape index (κ1) is 26.0. The van der Waals surface area contributed by atoms with Gasteiger partial charge in [0.1, 0.15) is 17.3 Å². The van der Waals surface area contributed by atoms with Gasteiger partial charge in [-0.15, -0.1) is 0 Å². The van der Waals surface area contributed by atoms with Crippen LogP contribution in [0.4, 0.5) is 0 Å². The van der Waals surface area contributed by atoms with Crippen molar-refractivity contribution < 1.29 is 13.2 Å². The topological polar surface area (TPSA) is 90.4 Å². The van der Waals surface area contributed by atoms with Crippen LogP contribution in [0.5, 0.6) is 5.75 Å². The van der Waals surface area contributed by atoms with E-state index >= 15 is 0 Å². The van der Waals surface area contributed by atoms with Gasteiger partial charge in [-0.3, -0.25) is 4.68 Å². The number of halogens is 2. The van der Waals surface area contributed by atoms with E-state index in [1.807, 2.05) is 37.3 Å². The first-order valence-electron chi connectivity index (χ1n) is 11.6. The number of likely N-dealkylation sites (N-methyl/N-ethyl adjacent to an activating group) is 1. The van der Waals surface area contributed by atoms with Crippen molar-refractivity contribution in [3.63, 3.8) is 0 Å². The van der Waals surface area contributed by atoms with Crippen molar-refractivity contribution in [1.82, 2.24) is 14.1 Å². The van der Waals surface area contributed by atoms with Crippen molar-refractivity contribution in [1.29, 1.82) is 0 Å². The zero-order chi connectivity index (χ0) is 25.2. The van der Waals surface area contributed by atoms with Crippen LogP contribution in [0.3, 0.4) is 0 Å². The molecule has 4 rings (SSSR count). The van der Waals surface area contributed by atoms with Crippen LogP contribution in [0, 0.1) is 0 Å². The molecule has 1 aromatic heterocycles. The van der Waals surface area contributed by atoms with E-state index in [0.717, 1.165) is 24.8 Å². The van der Waals surface area contributed by atoms with Crippen LogP contribution in [0.1, 0.15) is 36.0 Å². The van der Waals surface area contributed by atoms with Gasteiger partial charge in [0.05, 0.1) is 16.2 Å². The van der Waals surface area contributed by atoms with Gasteiger partial charge in [-0.25, -0.2) is 8.42 Å². The number of aryl methyl sites for hydroxylation is 2. The lowest BCUT2D eigenvalue weighted by Crippen LogP contribution is -2.35. The number of aromatic nitrogens is 2. The SMILES string of the molecule is CCN(CCOc1ccc2c(c1)C(Cc1ccc(Cl)c(Cl)c1)C(N)CC2)S(=O)(=O)c1cnn(C)c1. The molecule has 1 aliphatic carbocycles. The fraction of sp³-hybridized carbons (Fsp3) is 0.400. The van der Waals surface area contributed by atoms with Gasteiger partial charge in [0.15, 0.2) is 0 Å². The molecule has 2 unspecified atom stereocenters. The third-order valence-corrected chi connectivity index (χ3v) is 9.17. The number of fused-ring (bicyclic) bond motifs is 1. The van der Waals surface area contributed by atoms with Crippen molar-refractivity contribution in [2.75, 3.05) is 19.7 Å². The smallest absolute Gasteiger partial charge is 0.246 e. The zero-order valence-corrected chi connectivity index (χ0v) is 22.2. The second-order valence-electron chi connectivity index (χ2n) is 8.82. The number of benzene rings is 2. The highest BCUT2D eigenvalue weighted by Crippen LogP contribution is 2.36. The lowest BCUT2D eigenvalue weighted by atomic mass is 9.76. The Morgan fingerprint density at radius 1 is 1.20 bits per heavy atom. The van der Waals surface area contributed by atoms with Gasteiger partial charge in [0.2, 0.25) is 10.0 Å². The molecule has 0 saturated heterocycles. The molecule has 1 aliphatic rings. The van der Waals surface area contributed by atoms with Gasteiger partial charge in [-0.2, -0.15) is 9.40 Å². The van der Waals surface area contributed by atoms with Gasteiger partial charge in [0, 0.05) is 38.3 Å². The second-order valence-corrected chi connectivity index (χ2v) is 11.6. The largest absolute Gasteiger partial charge is 0.492 e. The van der Waals surface area contributed by atoms with Gasteiger partial charge in [-0.1, -0.05) is 42.3 Å². The number of ether oxygens (including phenoxy) is 1. The molecule has 3 aromatic rings. The number of sulfonamides is 1. The molecule has 0 radical (unpaired) electrons. The van der Waals surface area contributed by atoms with E-state index in [4.69, 9.17) is 33.7 Å². The maximum absolute atomic E-state index is 12.9. The Bertz CT molecular complexity index is 1300. The summed E-state index contributed by atoms with van der Waals surface area (Å²) in [4.78, 5) is 0.176. The summed E-state index contributed by atoms with van der Waals surface area (Å²) in [6.45, 7) is 2.61. The Morgan fingerprint density at radius 3 is 2.69 bits per heavy atom. The minimum atomic E-state index is -3.62. The van der Waals surface area contributed by atoms with Crippen LogP contribution >= 0.6 is 23.2 Å². The van der Waals surface area contributed by atoms with Gasteiger partial charge in [0.25, 0.3) is 0 Å². The summed E-state index contributed by atoms with van der Waals surface area (Å²) < 4.78 is 34.7. The number of nitrogens with zero attached hydrogens (tertiary/aromatic N) is 3. The van der Waals surface area contributed by atoms with E-state index in [1.54, 1.807) is 7.05 Å². The third-order valence-electron chi connectivity index (χ3n) is 6.50. The Kier molecular flexibility index (Phi) is 8.08. The minimum absolute atomic E-state index is 0.0208. The highest BCUT2D eigenvalue weighted by molar-refractivity contribution is 7.89. The summed E-state index contributed by atoms with van der Waals surface area (Å²) in [5.74, 6) is 0.824. The van der Waals surface area contributed by atoms with Crippen molar-refractivity contribution in [3.05, 3.63) is 75.5 Å². The van der Waals surface area contributed by atoms with Crippen molar-refractivity contribution in [3.8, 4) is 5.75 Å². The predicted molar refractivity (Wildman–Crippen MR) is 139 cm³/mol. The van der Waals surface area contributed by atoms with E-state index in [1.165, 1.54) is 32.5 Å². The van der Waals surface area contributed by atoms with Crippen LogP contribution in [0.2, 0.25) is 10.0 Å². The molecule has 10 heteroatoms. The van der Waals surface area contributed by atoms with Crippen LogP contribution < -0.4 is 10.5 Å². The molecule has 1 heterocycles. The summed E-state index contributed by atoms with van der Waals surface area (Å²) >= 11 is 12.3. The van der Waals surface area contributed by atoms with Crippen molar-refractivity contribution >= 4 is 33.2 Å². The molecule has 2 aromatic carbocycles. The molecule has 0 spiro atoms. The molecule has 35 heavy (non-hydrogen) atoms. The number of rotatable bonds is 9. The number of nitrogens with two attached hydrogens (primary N) is 1. The lowest BCUT2D eigenvalue weighted by molar-refractivity contribution is 0.275. The van der Waals surface area contributed by atoms with E-state index in [9.17, 15) is 8.42 Å². The van der Waals surface area contributed by atoms with E-state index < -0.39 is 10.0 Å². The Balaban J connectivity index is 1.46. The maximum atomic E-state index is 12.9. The molecular weight excluding hydrogens is 507 g/mol. The van der Waals surface area contributed by atoms with Crippen LogP contribution in [0.15, 0.2) is 53.7 Å². The minimum Gasteiger partial charge on any atom is -0.492 e. The van der Waals surface area contributed by atoms with Crippen LogP contribution in [-0.2, 0) is 29.9 Å². The monoisotopic (exact) mass is 536 g/mol. The standard InChI is InChI=1S/C25H30Cl2N4O3S/c1-3-31(35(32,33)20-15-29-30(2)16-20)10-11-34-19-7-5-18-6-9-25(28)22(21(18)14-19)12-17-4-8-23(26)24(27)13-17/h4-5,7-8,13-16,22,25H,3,6,9-12,28H2,1-2H3. The van der Waals surface area contributed by atoms with Crippen LogP contribution in [-0.4, -0.2) is 48.2 Å². The molecule has 2 atom stereocenters. The molecule has 0 bridgehead atoms. The van der Waals surface area contributed by atoms with Crippen molar-refractivity contribution in [2.45, 2.75) is 43.0 Å². The predicted octanol–water partition coefficient (Wildman–Crippen LogP) is 4.42. The summed E-state index contributed by atoms with van der Waals surface area (Å²) in [7, 11) is -1.93. The molecule has 2 N–H and O–H groups in total. The van der Waals surface area contributed by atoms with E-state index in [0.29, 0.717) is 22.3 Å². The molecule has 0 aliphatic heterocycles. The van der Waals surface area contributed by atoms with E-state index in [2.05, 4.69) is 11.2 Å². The summed E-state index contributed by atoms with van der Waals surface area (Å²) in [5, 5.41) is 5.04. The third kappa shape index (κ3) is 5.84. The molecule has 7 nitrogen and oxygen atoms in total. The Hall–Kier alpha value is -2.10. The molecule has 0 fully saturated rings. The molecule has 188 valence electrons. The highest BCUT2D eigenvalue weighted by Gasteiger charge is 2.28.